The summed E-state index contributed by atoms with van der Waals surface area (Å²) in [5.74, 6) is 0.157. The molecule has 8 heteroatoms. The molecule has 0 saturated carbocycles. The molecule has 1 aromatic rings. The van der Waals surface area contributed by atoms with E-state index in [4.69, 9.17) is 15.7 Å². The van der Waals surface area contributed by atoms with Crippen LogP contribution in [-0.2, 0) is 0 Å². The van der Waals surface area contributed by atoms with Gasteiger partial charge in [0.2, 0.25) is 0 Å². The fraction of sp³-hybridized carbons (Fsp3) is 0.462. The third-order valence-electron chi connectivity index (χ3n) is 3.42. The zero-order valence-electron chi connectivity index (χ0n) is 11.6. The summed E-state index contributed by atoms with van der Waals surface area (Å²) < 4.78 is 5.62. The Bertz CT molecular complexity index is 541. The number of benzene rings is 1. The van der Waals surface area contributed by atoms with Gasteiger partial charge in [-0.05, 0) is 32.0 Å². The molecule has 3 N–H and O–H groups in total. The van der Waals surface area contributed by atoms with Crippen molar-refractivity contribution in [2.24, 2.45) is 10.9 Å². The second-order valence-corrected chi connectivity index (χ2v) is 4.82. The second-order valence-electron chi connectivity index (χ2n) is 4.82. The van der Waals surface area contributed by atoms with E-state index in [0.717, 1.165) is 19.6 Å². The number of oxime groups is 1. The summed E-state index contributed by atoms with van der Waals surface area (Å²) >= 11 is 0. The van der Waals surface area contributed by atoms with Crippen molar-refractivity contribution < 1.29 is 14.9 Å². The van der Waals surface area contributed by atoms with Gasteiger partial charge in [0, 0.05) is 18.7 Å². The summed E-state index contributed by atoms with van der Waals surface area (Å²) in [7, 11) is 0. The highest BCUT2D eigenvalue weighted by atomic mass is 16.6. The van der Waals surface area contributed by atoms with Gasteiger partial charge < -0.3 is 15.7 Å². The molecule has 1 aliphatic rings. The fourth-order valence-corrected chi connectivity index (χ4v) is 2.30. The Hall–Kier alpha value is -2.35. The van der Waals surface area contributed by atoms with Crippen LogP contribution in [-0.4, -0.2) is 47.1 Å². The number of amidine groups is 1. The van der Waals surface area contributed by atoms with Gasteiger partial charge in [0.15, 0.2) is 5.84 Å². The molecule has 1 heterocycles. The quantitative estimate of drug-likeness (QED) is 0.267. The molecule has 0 amide bonds. The van der Waals surface area contributed by atoms with Crippen LogP contribution in [0.15, 0.2) is 23.4 Å². The van der Waals surface area contributed by atoms with Gasteiger partial charge in [-0.1, -0.05) is 5.16 Å². The van der Waals surface area contributed by atoms with Gasteiger partial charge in [0.1, 0.15) is 12.4 Å². The third-order valence-corrected chi connectivity index (χ3v) is 3.42. The van der Waals surface area contributed by atoms with E-state index in [0.29, 0.717) is 12.4 Å². The lowest BCUT2D eigenvalue weighted by Crippen LogP contribution is -2.25. The van der Waals surface area contributed by atoms with Crippen molar-refractivity contribution in [3.63, 3.8) is 0 Å². The maximum atomic E-state index is 10.8. The highest BCUT2D eigenvalue weighted by Crippen LogP contribution is 2.24. The molecule has 0 unspecified atom stereocenters. The molecule has 1 fully saturated rings. The predicted molar refractivity (Wildman–Crippen MR) is 76.8 cm³/mol. The van der Waals surface area contributed by atoms with Gasteiger partial charge in [-0.3, -0.25) is 15.0 Å². The Kier molecular flexibility index (Phi) is 4.94. The normalized spacial score (nSPS) is 16.1. The summed E-state index contributed by atoms with van der Waals surface area (Å²) in [5.41, 5.74) is 5.63. The Morgan fingerprint density at radius 3 is 2.81 bits per heavy atom. The lowest BCUT2D eigenvalue weighted by atomic mass is 10.1. The van der Waals surface area contributed by atoms with Crippen LogP contribution in [0.3, 0.4) is 0 Å². The van der Waals surface area contributed by atoms with Crippen LogP contribution in [0, 0.1) is 10.1 Å². The van der Waals surface area contributed by atoms with E-state index in [1.54, 1.807) is 0 Å². The molecular formula is C13H18N4O4. The SMILES string of the molecule is NC(=NO)c1cc([N+](=O)[O-])ccc1OCCN1CCCC1. The minimum absolute atomic E-state index is 0.136. The molecule has 0 aliphatic carbocycles. The smallest absolute Gasteiger partial charge is 0.270 e. The maximum absolute atomic E-state index is 10.8. The molecule has 0 spiro atoms. The number of likely N-dealkylation sites (tertiary alicyclic amines) is 1. The van der Waals surface area contributed by atoms with Gasteiger partial charge in [-0.2, -0.15) is 0 Å². The van der Waals surface area contributed by atoms with Crippen LogP contribution in [0.25, 0.3) is 0 Å². The first-order chi connectivity index (χ1) is 10.1. The van der Waals surface area contributed by atoms with E-state index in [-0.39, 0.29) is 17.1 Å². The number of hydrogen-bond acceptors (Lipinski definition) is 6. The Balaban J connectivity index is 2.08. The summed E-state index contributed by atoms with van der Waals surface area (Å²) in [6.45, 7) is 3.36. The van der Waals surface area contributed by atoms with Gasteiger partial charge in [0.25, 0.3) is 5.69 Å². The highest BCUT2D eigenvalue weighted by Gasteiger charge is 2.16. The molecule has 0 atom stereocenters. The van der Waals surface area contributed by atoms with Crippen LogP contribution in [0.1, 0.15) is 18.4 Å². The molecule has 21 heavy (non-hydrogen) atoms. The monoisotopic (exact) mass is 294 g/mol. The number of nitro benzene ring substituents is 1. The number of rotatable bonds is 6. The Morgan fingerprint density at radius 1 is 1.48 bits per heavy atom. The maximum Gasteiger partial charge on any atom is 0.270 e. The van der Waals surface area contributed by atoms with Gasteiger partial charge in [-0.25, -0.2) is 0 Å². The van der Waals surface area contributed by atoms with Crippen molar-refractivity contribution in [1.29, 1.82) is 0 Å². The molecule has 0 radical (unpaired) electrons. The minimum Gasteiger partial charge on any atom is -0.491 e. The summed E-state index contributed by atoms with van der Waals surface area (Å²) in [5, 5.41) is 22.4. The van der Waals surface area contributed by atoms with Crippen molar-refractivity contribution in [3.05, 3.63) is 33.9 Å². The predicted octanol–water partition coefficient (Wildman–Crippen LogP) is 1.16. The molecular weight excluding hydrogens is 276 g/mol. The zero-order chi connectivity index (χ0) is 15.2. The molecule has 0 aromatic heterocycles. The highest BCUT2D eigenvalue weighted by molar-refractivity contribution is 6.00. The van der Waals surface area contributed by atoms with E-state index in [1.807, 2.05) is 0 Å². The van der Waals surface area contributed by atoms with Gasteiger partial charge in [-0.15, -0.1) is 0 Å². The average molecular weight is 294 g/mol. The zero-order valence-corrected chi connectivity index (χ0v) is 11.6. The van der Waals surface area contributed by atoms with Gasteiger partial charge >= 0.3 is 0 Å². The van der Waals surface area contributed by atoms with Crippen LogP contribution in [0.4, 0.5) is 5.69 Å². The van der Waals surface area contributed by atoms with Crippen molar-refractivity contribution in [2.75, 3.05) is 26.2 Å². The molecule has 1 aromatic carbocycles. The van der Waals surface area contributed by atoms with Crippen LogP contribution < -0.4 is 10.5 Å². The summed E-state index contributed by atoms with van der Waals surface area (Å²) in [6, 6.07) is 4.04. The van der Waals surface area contributed by atoms with Crippen molar-refractivity contribution >= 4 is 11.5 Å². The fourth-order valence-electron chi connectivity index (χ4n) is 2.30. The molecule has 8 nitrogen and oxygen atoms in total. The number of nitrogens with two attached hydrogens (primary N) is 1. The minimum atomic E-state index is -0.540. The number of ether oxygens (including phenoxy) is 1. The summed E-state index contributed by atoms with van der Waals surface area (Å²) in [6.07, 6.45) is 2.40. The second kappa shape index (κ2) is 6.89. The number of non-ortho nitro benzene ring substituents is 1. The lowest BCUT2D eigenvalue weighted by Gasteiger charge is -2.16. The standard InChI is InChI=1S/C13H18N4O4/c14-13(15-18)11-9-10(17(19)20)3-4-12(11)21-8-7-16-5-1-2-6-16/h3-4,9,18H,1-2,5-8H2,(H2,14,15). The molecule has 0 bridgehead atoms. The number of nitrogens with zero attached hydrogens (tertiary/aromatic N) is 3. The van der Waals surface area contributed by atoms with Crippen molar-refractivity contribution in [1.82, 2.24) is 4.90 Å². The van der Waals surface area contributed by atoms with Crippen molar-refractivity contribution in [3.8, 4) is 5.75 Å². The van der Waals surface area contributed by atoms with E-state index >= 15 is 0 Å². The number of nitro groups is 1. The third kappa shape index (κ3) is 3.82. The first-order valence-corrected chi connectivity index (χ1v) is 6.73. The first kappa shape index (κ1) is 15.0. The summed E-state index contributed by atoms with van der Waals surface area (Å²) in [4.78, 5) is 12.5. The largest absolute Gasteiger partial charge is 0.491 e. The lowest BCUT2D eigenvalue weighted by molar-refractivity contribution is -0.384. The van der Waals surface area contributed by atoms with Crippen LogP contribution >= 0.6 is 0 Å². The van der Waals surface area contributed by atoms with E-state index in [2.05, 4.69) is 10.1 Å². The average Bonchev–Trinajstić information content (AvgIpc) is 2.99. The molecule has 1 aliphatic heterocycles. The van der Waals surface area contributed by atoms with E-state index in [1.165, 1.54) is 31.0 Å². The van der Waals surface area contributed by atoms with E-state index < -0.39 is 4.92 Å². The van der Waals surface area contributed by atoms with Gasteiger partial charge in [0.05, 0.1) is 10.5 Å². The first-order valence-electron chi connectivity index (χ1n) is 6.73. The topological polar surface area (TPSA) is 114 Å². The van der Waals surface area contributed by atoms with Crippen LogP contribution in [0.2, 0.25) is 0 Å². The Labute approximate surface area is 121 Å². The molecule has 1 saturated heterocycles. The van der Waals surface area contributed by atoms with Crippen LogP contribution in [0.5, 0.6) is 5.75 Å². The van der Waals surface area contributed by atoms with E-state index in [9.17, 15) is 10.1 Å². The van der Waals surface area contributed by atoms with Crippen molar-refractivity contribution in [2.45, 2.75) is 12.8 Å². The Morgan fingerprint density at radius 2 is 2.19 bits per heavy atom. The molecule has 2 rings (SSSR count). The number of hydrogen-bond donors (Lipinski definition) is 2. The molecule has 114 valence electrons.